The molecule has 0 saturated carbocycles. The SMILES string of the molecule is COc1cnc(Nc2ccc(N(C)CCN(C)C)c(NC(C)=O)c2)nc1-c1c[nH]c2ccccc12. The molecular formula is C26H31N7O2. The number of nitrogens with zero attached hydrogens (tertiary/aromatic N) is 4. The molecule has 0 aliphatic carbocycles. The molecular weight excluding hydrogens is 442 g/mol. The molecule has 0 fully saturated rings. The van der Waals surface area contributed by atoms with Crippen LogP contribution in [0.4, 0.5) is 23.0 Å². The molecule has 4 aromatic rings. The largest absolute Gasteiger partial charge is 0.493 e. The number of para-hydroxylation sites is 1. The quantitative estimate of drug-likeness (QED) is 0.333. The summed E-state index contributed by atoms with van der Waals surface area (Å²) in [7, 11) is 7.69. The highest BCUT2D eigenvalue weighted by molar-refractivity contribution is 5.96. The third-order valence-corrected chi connectivity index (χ3v) is 5.68. The Balaban J connectivity index is 1.65. The van der Waals surface area contributed by atoms with E-state index < -0.39 is 0 Å². The molecule has 9 nitrogen and oxygen atoms in total. The summed E-state index contributed by atoms with van der Waals surface area (Å²) in [6.07, 6.45) is 3.58. The summed E-state index contributed by atoms with van der Waals surface area (Å²) in [5.74, 6) is 0.873. The van der Waals surface area contributed by atoms with Crippen LogP contribution in [-0.4, -0.2) is 67.1 Å². The number of benzene rings is 2. The van der Waals surface area contributed by atoms with Crippen LogP contribution in [-0.2, 0) is 4.79 Å². The van der Waals surface area contributed by atoms with Crippen LogP contribution in [0.1, 0.15) is 6.92 Å². The Hall–Kier alpha value is -4.11. The number of rotatable bonds is 9. The fourth-order valence-corrected chi connectivity index (χ4v) is 3.88. The zero-order valence-corrected chi connectivity index (χ0v) is 20.7. The first-order valence-corrected chi connectivity index (χ1v) is 11.4. The van der Waals surface area contributed by atoms with Gasteiger partial charge < -0.3 is 30.2 Å². The minimum atomic E-state index is -0.133. The molecule has 2 heterocycles. The van der Waals surface area contributed by atoms with Crippen molar-refractivity contribution in [1.29, 1.82) is 0 Å². The maximum Gasteiger partial charge on any atom is 0.227 e. The Bertz CT molecular complexity index is 1330. The topological polar surface area (TPSA) is 98.4 Å². The number of hydrogen-bond donors (Lipinski definition) is 3. The number of aromatic amines is 1. The summed E-state index contributed by atoms with van der Waals surface area (Å²) in [6, 6.07) is 13.9. The molecule has 4 rings (SSSR count). The van der Waals surface area contributed by atoms with Crippen molar-refractivity contribution >= 4 is 39.8 Å². The Morgan fingerprint density at radius 3 is 2.66 bits per heavy atom. The fourth-order valence-electron chi connectivity index (χ4n) is 3.88. The van der Waals surface area contributed by atoms with Gasteiger partial charge in [-0.3, -0.25) is 4.79 Å². The van der Waals surface area contributed by atoms with Crippen molar-refractivity contribution in [2.75, 3.05) is 56.9 Å². The van der Waals surface area contributed by atoms with Gasteiger partial charge in [0.1, 0.15) is 5.69 Å². The Morgan fingerprint density at radius 2 is 1.91 bits per heavy atom. The molecule has 0 atom stereocenters. The van der Waals surface area contributed by atoms with Gasteiger partial charge in [0.15, 0.2) is 5.75 Å². The van der Waals surface area contributed by atoms with E-state index in [2.05, 4.69) is 30.4 Å². The Labute approximate surface area is 205 Å². The predicted molar refractivity (Wildman–Crippen MR) is 142 cm³/mol. The van der Waals surface area contributed by atoms with Gasteiger partial charge in [-0.1, -0.05) is 18.2 Å². The number of anilines is 4. The highest BCUT2D eigenvalue weighted by Gasteiger charge is 2.16. The molecule has 0 aliphatic heterocycles. The van der Waals surface area contributed by atoms with Gasteiger partial charge in [0.2, 0.25) is 11.9 Å². The lowest BCUT2D eigenvalue weighted by atomic mass is 10.1. The van der Waals surface area contributed by atoms with Crippen molar-refractivity contribution in [3.05, 3.63) is 54.9 Å². The molecule has 2 aromatic carbocycles. The Morgan fingerprint density at radius 1 is 1.11 bits per heavy atom. The number of ether oxygens (including phenoxy) is 1. The number of carbonyl (C=O) groups is 1. The zero-order chi connectivity index (χ0) is 24.9. The van der Waals surface area contributed by atoms with E-state index in [0.29, 0.717) is 23.1 Å². The van der Waals surface area contributed by atoms with E-state index >= 15 is 0 Å². The second kappa shape index (κ2) is 10.4. The van der Waals surface area contributed by atoms with Crippen molar-refractivity contribution in [1.82, 2.24) is 19.9 Å². The van der Waals surface area contributed by atoms with Crippen molar-refractivity contribution in [3.8, 4) is 17.0 Å². The third kappa shape index (κ3) is 5.52. The summed E-state index contributed by atoms with van der Waals surface area (Å²) < 4.78 is 5.54. The second-order valence-electron chi connectivity index (χ2n) is 8.62. The summed E-state index contributed by atoms with van der Waals surface area (Å²) in [6.45, 7) is 3.22. The van der Waals surface area contributed by atoms with Crippen LogP contribution in [0.3, 0.4) is 0 Å². The van der Waals surface area contributed by atoms with Gasteiger partial charge in [-0.25, -0.2) is 9.97 Å². The number of carbonyl (C=O) groups excluding carboxylic acids is 1. The summed E-state index contributed by atoms with van der Waals surface area (Å²) in [5, 5.41) is 7.26. The molecule has 0 saturated heterocycles. The molecule has 182 valence electrons. The number of aromatic nitrogens is 3. The monoisotopic (exact) mass is 473 g/mol. The highest BCUT2D eigenvalue weighted by atomic mass is 16.5. The average molecular weight is 474 g/mol. The standard InChI is InChI=1S/C26H31N7O2/c1-17(34)29-22-14-18(10-11-23(22)33(4)13-12-32(2)3)30-26-28-16-24(35-5)25(31-26)20-15-27-21-9-7-6-8-19(20)21/h6-11,14-16,27H,12-13H2,1-5H3,(H,29,34)(H,28,30,31). The normalized spacial score (nSPS) is 11.0. The van der Waals surface area contributed by atoms with Crippen LogP contribution in [0.25, 0.3) is 22.2 Å². The van der Waals surface area contributed by atoms with Gasteiger partial charge in [-0.2, -0.15) is 0 Å². The third-order valence-electron chi connectivity index (χ3n) is 5.68. The lowest BCUT2D eigenvalue weighted by molar-refractivity contribution is -0.114. The minimum absolute atomic E-state index is 0.133. The molecule has 9 heteroatoms. The average Bonchev–Trinajstić information content (AvgIpc) is 3.26. The summed E-state index contributed by atoms with van der Waals surface area (Å²) in [4.78, 5) is 28.6. The van der Waals surface area contributed by atoms with Crippen molar-refractivity contribution in [2.24, 2.45) is 0 Å². The second-order valence-corrected chi connectivity index (χ2v) is 8.62. The molecule has 3 N–H and O–H groups in total. The number of fused-ring (bicyclic) bond motifs is 1. The zero-order valence-electron chi connectivity index (χ0n) is 20.7. The van der Waals surface area contributed by atoms with E-state index in [1.54, 1.807) is 13.3 Å². The molecule has 0 bridgehead atoms. The van der Waals surface area contributed by atoms with E-state index in [1.165, 1.54) is 6.92 Å². The smallest absolute Gasteiger partial charge is 0.227 e. The van der Waals surface area contributed by atoms with Crippen LogP contribution in [0.15, 0.2) is 54.9 Å². The number of nitrogens with one attached hydrogen (secondary N) is 3. The van der Waals surface area contributed by atoms with E-state index in [0.717, 1.165) is 40.9 Å². The fraction of sp³-hybridized carbons (Fsp3) is 0.269. The number of likely N-dealkylation sites (N-methyl/N-ethyl adjacent to an activating group) is 2. The highest BCUT2D eigenvalue weighted by Crippen LogP contribution is 2.35. The molecule has 0 aliphatic rings. The van der Waals surface area contributed by atoms with Crippen molar-refractivity contribution in [3.63, 3.8) is 0 Å². The van der Waals surface area contributed by atoms with E-state index in [4.69, 9.17) is 9.72 Å². The molecule has 0 spiro atoms. The minimum Gasteiger partial charge on any atom is -0.493 e. The van der Waals surface area contributed by atoms with Crippen molar-refractivity contribution in [2.45, 2.75) is 6.92 Å². The van der Waals surface area contributed by atoms with Gasteiger partial charge in [-0.15, -0.1) is 0 Å². The van der Waals surface area contributed by atoms with Gasteiger partial charge >= 0.3 is 0 Å². The van der Waals surface area contributed by atoms with Crippen LogP contribution in [0, 0.1) is 0 Å². The number of hydrogen-bond acceptors (Lipinski definition) is 7. The van der Waals surface area contributed by atoms with E-state index in [-0.39, 0.29) is 5.91 Å². The molecule has 1 amide bonds. The first-order chi connectivity index (χ1) is 16.9. The van der Waals surface area contributed by atoms with Crippen LogP contribution in [0.2, 0.25) is 0 Å². The maximum atomic E-state index is 11.9. The molecule has 0 unspecified atom stereocenters. The Kier molecular flexibility index (Phi) is 7.17. The van der Waals surface area contributed by atoms with E-state index in [1.807, 2.05) is 69.8 Å². The van der Waals surface area contributed by atoms with Gasteiger partial charge in [-0.05, 0) is 38.4 Å². The van der Waals surface area contributed by atoms with Crippen molar-refractivity contribution < 1.29 is 9.53 Å². The van der Waals surface area contributed by atoms with E-state index in [9.17, 15) is 4.79 Å². The lowest BCUT2D eigenvalue weighted by Crippen LogP contribution is -2.29. The number of amides is 1. The van der Waals surface area contributed by atoms with Gasteiger partial charge in [0.05, 0.1) is 24.7 Å². The van der Waals surface area contributed by atoms with Crippen LogP contribution < -0.4 is 20.3 Å². The van der Waals surface area contributed by atoms with Gasteiger partial charge in [0, 0.05) is 55.4 Å². The predicted octanol–water partition coefficient (Wildman–Crippen LogP) is 4.33. The number of methoxy groups -OCH3 is 1. The first-order valence-electron chi connectivity index (χ1n) is 11.4. The number of H-pyrrole nitrogens is 1. The molecule has 35 heavy (non-hydrogen) atoms. The van der Waals surface area contributed by atoms with Crippen LogP contribution in [0.5, 0.6) is 5.75 Å². The lowest BCUT2D eigenvalue weighted by Gasteiger charge is -2.24. The first kappa shape index (κ1) is 24.0. The molecule has 0 radical (unpaired) electrons. The summed E-state index contributed by atoms with van der Waals surface area (Å²) in [5.41, 5.74) is 5.04. The maximum absolute atomic E-state index is 11.9. The van der Waals surface area contributed by atoms with Gasteiger partial charge in [0.25, 0.3) is 0 Å². The molecule has 2 aromatic heterocycles. The summed E-state index contributed by atoms with van der Waals surface area (Å²) >= 11 is 0. The van der Waals surface area contributed by atoms with Crippen LogP contribution >= 0.6 is 0 Å².